The largest absolute Gasteiger partial charge is 0.363 e. The first-order chi connectivity index (χ1) is 10.0. The molecule has 1 unspecified atom stereocenters. The second-order valence-electron chi connectivity index (χ2n) is 5.25. The predicted molar refractivity (Wildman–Crippen MR) is 81.6 cm³/mol. The molecule has 1 fully saturated rings. The van der Waals surface area contributed by atoms with Gasteiger partial charge in [0.15, 0.2) is 0 Å². The minimum atomic E-state index is -0.754. The zero-order valence-corrected chi connectivity index (χ0v) is 12.7. The lowest BCUT2D eigenvalue weighted by molar-refractivity contribution is -0.384. The van der Waals surface area contributed by atoms with Gasteiger partial charge in [0.2, 0.25) is 0 Å². The summed E-state index contributed by atoms with van der Waals surface area (Å²) in [5, 5.41) is 14.2. The van der Waals surface area contributed by atoms with Crippen molar-refractivity contribution < 1.29 is 9.31 Å². The van der Waals surface area contributed by atoms with Crippen molar-refractivity contribution in [2.45, 2.75) is 31.7 Å². The molecule has 116 valence electrons. The molecule has 21 heavy (non-hydrogen) atoms. The molecule has 1 aliphatic heterocycles. The Morgan fingerprint density at radius 3 is 2.95 bits per heavy atom. The zero-order valence-electron chi connectivity index (χ0n) is 11.9. The molecule has 1 atom stereocenters. The Labute approximate surface area is 128 Å². The molecule has 2 rings (SSSR count). The lowest BCUT2D eigenvalue weighted by atomic mass is 9.98. The van der Waals surface area contributed by atoms with Crippen LogP contribution in [0.2, 0.25) is 5.02 Å². The molecule has 0 amide bonds. The fourth-order valence-electron chi connectivity index (χ4n) is 2.83. The number of nitrogens with zero attached hydrogens (tertiary/aromatic N) is 2. The molecule has 0 bridgehead atoms. The molecule has 1 heterocycles. The monoisotopic (exact) mass is 315 g/mol. The predicted octanol–water partition coefficient (Wildman–Crippen LogP) is 3.36. The third-order valence-corrected chi connectivity index (χ3v) is 4.17. The molecule has 0 radical (unpaired) electrons. The van der Waals surface area contributed by atoms with E-state index in [4.69, 9.17) is 11.6 Å². The quantitative estimate of drug-likeness (QED) is 0.668. The average Bonchev–Trinajstić information content (AvgIpc) is 2.47. The van der Waals surface area contributed by atoms with E-state index < -0.39 is 10.7 Å². The van der Waals surface area contributed by atoms with Gasteiger partial charge in [-0.15, -0.1) is 0 Å². The lowest BCUT2D eigenvalue weighted by Crippen LogP contribution is -2.41. The third kappa shape index (κ3) is 3.63. The van der Waals surface area contributed by atoms with Crippen LogP contribution in [-0.4, -0.2) is 31.1 Å². The molecule has 1 aromatic carbocycles. The minimum Gasteiger partial charge on any atom is -0.363 e. The molecule has 7 heteroatoms. The lowest BCUT2D eigenvalue weighted by Gasteiger charge is -2.37. The van der Waals surface area contributed by atoms with Crippen molar-refractivity contribution in [1.29, 1.82) is 0 Å². The van der Waals surface area contributed by atoms with Crippen LogP contribution in [0, 0.1) is 15.9 Å². The summed E-state index contributed by atoms with van der Waals surface area (Å²) in [5.74, 6) is -0.754. The molecule has 0 aliphatic carbocycles. The smallest absolute Gasteiger partial charge is 0.295 e. The standard InChI is InChI=1S/C14H19ClFN3O2/c1-17-6-5-10-4-2-3-7-18(10)13-8-11(15)12(16)9-14(13)19(20)21/h8-10,17H,2-7H2,1H3. The van der Waals surface area contributed by atoms with Crippen LogP contribution in [0.15, 0.2) is 12.1 Å². The highest BCUT2D eigenvalue weighted by Gasteiger charge is 2.29. The van der Waals surface area contributed by atoms with E-state index >= 15 is 0 Å². The summed E-state index contributed by atoms with van der Waals surface area (Å²) in [7, 11) is 1.88. The normalized spacial score (nSPS) is 18.8. The first-order valence-corrected chi connectivity index (χ1v) is 7.47. The Hall–Kier alpha value is -1.40. The summed E-state index contributed by atoms with van der Waals surface area (Å²) >= 11 is 5.83. The molecule has 1 saturated heterocycles. The van der Waals surface area contributed by atoms with Crippen LogP contribution in [0.3, 0.4) is 0 Å². The van der Waals surface area contributed by atoms with Crippen molar-refractivity contribution in [3.63, 3.8) is 0 Å². The molecule has 0 aromatic heterocycles. The molecular formula is C14H19ClFN3O2. The Morgan fingerprint density at radius 1 is 1.52 bits per heavy atom. The van der Waals surface area contributed by atoms with Gasteiger partial charge in [-0.2, -0.15) is 0 Å². The highest BCUT2D eigenvalue weighted by molar-refractivity contribution is 6.31. The van der Waals surface area contributed by atoms with Crippen LogP contribution in [-0.2, 0) is 0 Å². The van der Waals surface area contributed by atoms with E-state index in [1.807, 2.05) is 11.9 Å². The number of nitro benzene ring substituents is 1. The van der Waals surface area contributed by atoms with Gasteiger partial charge < -0.3 is 10.2 Å². The first kappa shape index (κ1) is 16.0. The van der Waals surface area contributed by atoms with Gasteiger partial charge >= 0.3 is 0 Å². The highest BCUT2D eigenvalue weighted by atomic mass is 35.5. The summed E-state index contributed by atoms with van der Waals surface area (Å²) in [6.45, 7) is 1.57. The molecule has 1 aliphatic rings. The van der Waals surface area contributed by atoms with Crippen LogP contribution in [0.5, 0.6) is 0 Å². The van der Waals surface area contributed by atoms with E-state index in [9.17, 15) is 14.5 Å². The number of hydrogen-bond acceptors (Lipinski definition) is 4. The van der Waals surface area contributed by atoms with Gasteiger partial charge in [-0.25, -0.2) is 4.39 Å². The third-order valence-electron chi connectivity index (χ3n) is 3.88. The van der Waals surface area contributed by atoms with Gasteiger partial charge in [-0.05, 0) is 45.3 Å². The number of anilines is 1. The summed E-state index contributed by atoms with van der Waals surface area (Å²) in [5.41, 5.74) is 0.209. The maximum Gasteiger partial charge on any atom is 0.295 e. The number of nitrogens with one attached hydrogen (secondary N) is 1. The van der Waals surface area contributed by atoms with Crippen LogP contribution >= 0.6 is 11.6 Å². The number of nitro groups is 1. The maximum atomic E-state index is 13.5. The number of hydrogen-bond donors (Lipinski definition) is 1. The van der Waals surface area contributed by atoms with E-state index in [0.29, 0.717) is 5.69 Å². The summed E-state index contributed by atoms with van der Waals surface area (Å²) < 4.78 is 13.5. The number of piperidine rings is 1. The molecule has 1 N–H and O–H groups in total. The van der Waals surface area contributed by atoms with Crippen LogP contribution < -0.4 is 10.2 Å². The van der Waals surface area contributed by atoms with E-state index in [2.05, 4.69) is 5.32 Å². The minimum absolute atomic E-state index is 0.0754. The topological polar surface area (TPSA) is 58.4 Å². The fraction of sp³-hybridized carbons (Fsp3) is 0.571. The summed E-state index contributed by atoms with van der Waals surface area (Å²) in [6.07, 6.45) is 3.95. The van der Waals surface area contributed by atoms with Gasteiger partial charge in [0, 0.05) is 12.6 Å². The SMILES string of the molecule is CNCCC1CCCCN1c1cc(Cl)c(F)cc1[N+](=O)[O-]. The van der Waals surface area contributed by atoms with Crippen molar-refractivity contribution in [3.05, 3.63) is 33.1 Å². The Bertz CT molecular complexity index is 527. The zero-order chi connectivity index (χ0) is 15.4. The molecular weight excluding hydrogens is 297 g/mol. The van der Waals surface area contributed by atoms with Crippen molar-refractivity contribution in [1.82, 2.24) is 5.32 Å². The van der Waals surface area contributed by atoms with Gasteiger partial charge in [-0.3, -0.25) is 10.1 Å². The maximum absolute atomic E-state index is 13.5. The van der Waals surface area contributed by atoms with Crippen molar-refractivity contribution in [3.8, 4) is 0 Å². The first-order valence-electron chi connectivity index (χ1n) is 7.09. The Morgan fingerprint density at radius 2 is 2.29 bits per heavy atom. The molecule has 1 aromatic rings. The molecule has 0 saturated carbocycles. The second-order valence-corrected chi connectivity index (χ2v) is 5.65. The number of rotatable bonds is 5. The van der Waals surface area contributed by atoms with Crippen LogP contribution in [0.1, 0.15) is 25.7 Å². The van der Waals surface area contributed by atoms with E-state index in [1.54, 1.807) is 0 Å². The van der Waals surface area contributed by atoms with Crippen molar-refractivity contribution >= 4 is 23.0 Å². The number of benzene rings is 1. The van der Waals surface area contributed by atoms with Crippen molar-refractivity contribution in [2.75, 3.05) is 25.0 Å². The highest BCUT2D eigenvalue weighted by Crippen LogP contribution is 2.37. The van der Waals surface area contributed by atoms with Crippen LogP contribution in [0.4, 0.5) is 15.8 Å². The van der Waals surface area contributed by atoms with E-state index in [-0.39, 0.29) is 16.8 Å². The molecule has 0 spiro atoms. The van der Waals surface area contributed by atoms with E-state index in [1.165, 1.54) is 6.07 Å². The Kier molecular flexibility index (Phi) is 5.36. The summed E-state index contributed by atoms with van der Waals surface area (Å²) in [4.78, 5) is 12.7. The van der Waals surface area contributed by atoms with Gasteiger partial charge in [0.1, 0.15) is 11.5 Å². The average molecular weight is 316 g/mol. The second kappa shape index (κ2) is 7.04. The Balaban J connectivity index is 2.37. The summed E-state index contributed by atoms with van der Waals surface area (Å²) in [6, 6.07) is 2.51. The van der Waals surface area contributed by atoms with Crippen LogP contribution in [0.25, 0.3) is 0 Å². The number of halogens is 2. The van der Waals surface area contributed by atoms with Gasteiger partial charge in [0.25, 0.3) is 5.69 Å². The van der Waals surface area contributed by atoms with Gasteiger partial charge in [-0.1, -0.05) is 11.6 Å². The fourth-order valence-corrected chi connectivity index (χ4v) is 2.99. The van der Waals surface area contributed by atoms with E-state index in [0.717, 1.165) is 44.8 Å². The molecule has 5 nitrogen and oxygen atoms in total. The van der Waals surface area contributed by atoms with Crippen molar-refractivity contribution in [2.24, 2.45) is 0 Å². The van der Waals surface area contributed by atoms with Gasteiger partial charge in [0.05, 0.1) is 16.0 Å².